The van der Waals surface area contributed by atoms with Gasteiger partial charge in [0.1, 0.15) is 5.75 Å². The molecule has 0 heterocycles. The van der Waals surface area contributed by atoms with Crippen LogP contribution in [0.4, 0.5) is 0 Å². The van der Waals surface area contributed by atoms with E-state index in [0.29, 0.717) is 26.9 Å². The molecule has 9 heteroatoms. The van der Waals surface area contributed by atoms with Gasteiger partial charge in [0.2, 0.25) is 0 Å². The number of hydrazone groups is 1. The summed E-state index contributed by atoms with van der Waals surface area (Å²) >= 11 is 23.6. The molecule has 5 nitrogen and oxygen atoms in total. The topological polar surface area (TPSA) is 67.8 Å². The first-order valence-corrected chi connectivity index (χ1v) is 9.90. The highest BCUT2D eigenvalue weighted by atomic mass is 35.5. The SMILES string of the molecule is O=C(N/N=C/c1ccc(OC(=O)c2ccc(Cl)cc2Cl)cc1)c1ccc(Cl)c(Cl)c1. The molecule has 3 rings (SSSR count). The van der Waals surface area contributed by atoms with Crippen LogP contribution in [0.25, 0.3) is 0 Å². The van der Waals surface area contributed by atoms with Crippen LogP contribution in [0.3, 0.4) is 0 Å². The number of nitrogens with zero attached hydrogens (tertiary/aromatic N) is 1. The molecular weight excluding hydrogens is 470 g/mol. The zero-order valence-corrected chi connectivity index (χ0v) is 18.1. The van der Waals surface area contributed by atoms with Gasteiger partial charge < -0.3 is 4.74 Å². The number of hydrogen-bond acceptors (Lipinski definition) is 4. The third-order valence-electron chi connectivity index (χ3n) is 3.80. The number of benzene rings is 3. The molecule has 0 aromatic heterocycles. The average Bonchev–Trinajstić information content (AvgIpc) is 2.71. The van der Waals surface area contributed by atoms with Gasteiger partial charge in [0, 0.05) is 10.6 Å². The summed E-state index contributed by atoms with van der Waals surface area (Å²) in [5.41, 5.74) is 3.60. The number of halogens is 4. The number of nitrogens with one attached hydrogen (secondary N) is 1. The quantitative estimate of drug-likeness (QED) is 0.201. The third-order valence-corrected chi connectivity index (χ3v) is 5.09. The Balaban J connectivity index is 1.59. The maximum atomic E-state index is 12.2. The molecule has 0 fully saturated rings. The minimum Gasteiger partial charge on any atom is -0.423 e. The maximum absolute atomic E-state index is 12.2. The van der Waals surface area contributed by atoms with Crippen LogP contribution in [0.5, 0.6) is 5.75 Å². The first-order chi connectivity index (χ1) is 14.3. The fourth-order valence-corrected chi connectivity index (χ4v) is 3.09. The van der Waals surface area contributed by atoms with Crippen molar-refractivity contribution in [1.29, 1.82) is 0 Å². The second-order valence-electron chi connectivity index (χ2n) is 5.91. The van der Waals surface area contributed by atoms with Gasteiger partial charge in [-0.05, 0) is 66.2 Å². The van der Waals surface area contributed by atoms with E-state index in [1.54, 1.807) is 30.3 Å². The summed E-state index contributed by atoms with van der Waals surface area (Å²) in [4.78, 5) is 24.3. The van der Waals surface area contributed by atoms with E-state index in [2.05, 4.69) is 10.5 Å². The number of ether oxygens (including phenoxy) is 1. The van der Waals surface area contributed by atoms with Gasteiger partial charge in [-0.1, -0.05) is 46.4 Å². The Morgan fingerprint density at radius 2 is 1.57 bits per heavy atom. The highest BCUT2D eigenvalue weighted by Crippen LogP contribution is 2.23. The molecule has 0 aliphatic rings. The van der Waals surface area contributed by atoms with Gasteiger partial charge in [0.05, 0.1) is 26.8 Å². The van der Waals surface area contributed by atoms with Crippen LogP contribution in [0.15, 0.2) is 65.8 Å². The molecular formula is C21H12Cl4N2O3. The van der Waals surface area contributed by atoms with Gasteiger partial charge in [-0.25, -0.2) is 10.2 Å². The third kappa shape index (κ3) is 5.74. The summed E-state index contributed by atoms with van der Waals surface area (Å²) in [6, 6.07) is 15.5. The second kappa shape index (κ2) is 9.96. The van der Waals surface area contributed by atoms with Crippen molar-refractivity contribution in [3.8, 4) is 5.75 Å². The van der Waals surface area contributed by atoms with E-state index in [-0.39, 0.29) is 15.6 Å². The molecule has 30 heavy (non-hydrogen) atoms. The van der Waals surface area contributed by atoms with Crippen molar-refractivity contribution in [1.82, 2.24) is 5.43 Å². The van der Waals surface area contributed by atoms with Crippen LogP contribution in [0.2, 0.25) is 20.1 Å². The number of carbonyl (C=O) groups is 2. The second-order valence-corrected chi connectivity index (χ2v) is 7.57. The Morgan fingerprint density at radius 3 is 2.23 bits per heavy atom. The molecule has 0 saturated carbocycles. The van der Waals surface area contributed by atoms with Gasteiger partial charge >= 0.3 is 5.97 Å². The van der Waals surface area contributed by atoms with Crippen LogP contribution in [-0.2, 0) is 0 Å². The van der Waals surface area contributed by atoms with E-state index >= 15 is 0 Å². The van der Waals surface area contributed by atoms with Gasteiger partial charge in [-0.3, -0.25) is 4.79 Å². The predicted molar refractivity (Wildman–Crippen MR) is 119 cm³/mol. The monoisotopic (exact) mass is 480 g/mol. The molecule has 0 aliphatic carbocycles. The molecule has 0 aliphatic heterocycles. The van der Waals surface area contributed by atoms with Crippen molar-refractivity contribution in [3.63, 3.8) is 0 Å². The standard InChI is InChI=1S/C21H12Cl4N2O3/c22-14-4-7-16(18(24)10-14)21(29)30-15-5-1-12(2-6-15)11-26-27-20(28)13-3-8-17(23)19(25)9-13/h1-11H,(H,27,28)/b26-11+. The molecule has 3 aromatic rings. The van der Waals surface area contributed by atoms with Gasteiger partial charge in [0.25, 0.3) is 5.91 Å². The fourth-order valence-electron chi connectivity index (χ4n) is 2.31. The summed E-state index contributed by atoms with van der Waals surface area (Å²) < 4.78 is 5.29. The molecule has 0 atom stereocenters. The minimum atomic E-state index is -0.605. The lowest BCUT2D eigenvalue weighted by Crippen LogP contribution is -2.17. The number of rotatable bonds is 5. The Labute approximate surface area is 192 Å². The van der Waals surface area contributed by atoms with Crippen molar-refractivity contribution < 1.29 is 14.3 Å². The van der Waals surface area contributed by atoms with E-state index in [9.17, 15) is 9.59 Å². The lowest BCUT2D eigenvalue weighted by molar-refractivity contribution is 0.0734. The highest BCUT2D eigenvalue weighted by molar-refractivity contribution is 6.42. The van der Waals surface area contributed by atoms with Crippen LogP contribution < -0.4 is 10.2 Å². The maximum Gasteiger partial charge on any atom is 0.345 e. The Bertz CT molecular complexity index is 1130. The first-order valence-electron chi connectivity index (χ1n) is 8.39. The largest absolute Gasteiger partial charge is 0.423 e. The lowest BCUT2D eigenvalue weighted by Gasteiger charge is -2.06. The summed E-state index contributed by atoms with van der Waals surface area (Å²) in [7, 11) is 0. The van der Waals surface area contributed by atoms with Crippen LogP contribution >= 0.6 is 46.4 Å². The lowest BCUT2D eigenvalue weighted by atomic mass is 10.2. The summed E-state index contributed by atoms with van der Waals surface area (Å²) in [6.07, 6.45) is 1.44. The average molecular weight is 482 g/mol. The molecule has 0 radical (unpaired) electrons. The number of esters is 1. The van der Waals surface area contributed by atoms with Crippen LogP contribution in [0.1, 0.15) is 26.3 Å². The van der Waals surface area contributed by atoms with Crippen molar-refractivity contribution >= 4 is 64.5 Å². The first kappa shape index (κ1) is 22.1. The predicted octanol–water partition coefficient (Wildman–Crippen LogP) is 6.28. The number of carbonyl (C=O) groups excluding carboxylic acids is 2. The van der Waals surface area contributed by atoms with E-state index in [4.69, 9.17) is 51.1 Å². The molecule has 1 amide bonds. The Kier molecular flexibility index (Phi) is 7.34. The van der Waals surface area contributed by atoms with Gasteiger partial charge in [0.15, 0.2) is 0 Å². The van der Waals surface area contributed by atoms with Gasteiger partial charge in [-0.15, -0.1) is 0 Å². The summed E-state index contributed by atoms with van der Waals surface area (Å²) in [6.45, 7) is 0. The number of amides is 1. The number of hydrogen-bond donors (Lipinski definition) is 1. The zero-order chi connectivity index (χ0) is 21.7. The Morgan fingerprint density at radius 1 is 0.833 bits per heavy atom. The van der Waals surface area contributed by atoms with E-state index in [0.717, 1.165) is 0 Å². The highest BCUT2D eigenvalue weighted by Gasteiger charge is 2.13. The van der Waals surface area contributed by atoms with E-state index in [1.165, 1.54) is 36.5 Å². The molecule has 3 aromatic carbocycles. The Hall–Kier alpha value is -2.57. The zero-order valence-electron chi connectivity index (χ0n) is 15.0. The summed E-state index contributed by atoms with van der Waals surface area (Å²) in [5, 5.41) is 5.15. The van der Waals surface area contributed by atoms with Crippen molar-refractivity contribution in [3.05, 3.63) is 97.4 Å². The van der Waals surface area contributed by atoms with E-state index in [1.807, 2.05) is 0 Å². The molecule has 1 N–H and O–H groups in total. The summed E-state index contributed by atoms with van der Waals surface area (Å²) in [5.74, 6) is -0.717. The molecule has 0 bridgehead atoms. The minimum absolute atomic E-state index is 0.203. The van der Waals surface area contributed by atoms with Gasteiger partial charge in [-0.2, -0.15) is 5.10 Å². The molecule has 0 unspecified atom stereocenters. The normalized spacial score (nSPS) is 10.8. The smallest absolute Gasteiger partial charge is 0.345 e. The van der Waals surface area contributed by atoms with Crippen molar-refractivity contribution in [2.45, 2.75) is 0 Å². The fraction of sp³-hybridized carbons (Fsp3) is 0. The van der Waals surface area contributed by atoms with Crippen molar-refractivity contribution in [2.24, 2.45) is 5.10 Å². The van der Waals surface area contributed by atoms with E-state index < -0.39 is 11.9 Å². The van der Waals surface area contributed by atoms with Crippen molar-refractivity contribution in [2.75, 3.05) is 0 Å². The van der Waals surface area contributed by atoms with Crippen LogP contribution in [0, 0.1) is 0 Å². The molecule has 0 spiro atoms. The molecule has 0 saturated heterocycles. The molecule has 152 valence electrons. The van der Waals surface area contributed by atoms with Crippen LogP contribution in [-0.4, -0.2) is 18.1 Å².